The van der Waals surface area contributed by atoms with E-state index < -0.39 is 6.23 Å². The zero-order valence-corrected chi connectivity index (χ0v) is 8.17. The Morgan fingerprint density at radius 3 is 2.77 bits per heavy atom. The molecule has 0 amide bonds. The Morgan fingerprint density at radius 2 is 2.31 bits per heavy atom. The highest BCUT2D eigenvalue weighted by Crippen LogP contribution is 2.02. The third kappa shape index (κ3) is 6.31. The van der Waals surface area contributed by atoms with E-state index in [0.29, 0.717) is 18.5 Å². The molecule has 0 aromatic rings. The summed E-state index contributed by atoms with van der Waals surface area (Å²) in [5.74, 6) is -0.364. The first-order chi connectivity index (χ1) is 6.07. The first kappa shape index (κ1) is 12.1. The van der Waals surface area contributed by atoms with Gasteiger partial charge in [0.05, 0.1) is 7.11 Å². The summed E-state index contributed by atoms with van der Waals surface area (Å²) >= 11 is 0. The Morgan fingerprint density at radius 1 is 1.69 bits per heavy atom. The van der Waals surface area contributed by atoms with Gasteiger partial charge in [0.2, 0.25) is 0 Å². The van der Waals surface area contributed by atoms with Gasteiger partial charge in [-0.2, -0.15) is 0 Å². The summed E-state index contributed by atoms with van der Waals surface area (Å²) in [6.45, 7) is 5.89. The Balaban J connectivity index is 3.43. The minimum atomic E-state index is -0.508. The number of methoxy groups -OCH3 is 1. The van der Waals surface area contributed by atoms with Gasteiger partial charge in [0.15, 0.2) is 0 Å². The quantitative estimate of drug-likeness (QED) is 0.274. The highest BCUT2D eigenvalue weighted by Gasteiger charge is 2.05. The summed E-state index contributed by atoms with van der Waals surface area (Å²) in [7, 11) is 1.33. The molecule has 0 aromatic heterocycles. The summed E-state index contributed by atoms with van der Waals surface area (Å²) in [4.78, 5) is 10.8. The Bertz CT molecular complexity index is 178. The third-order valence-corrected chi connectivity index (χ3v) is 1.57. The predicted molar refractivity (Wildman–Crippen MR) is 50.1 cm³/mol. The minimum absolute atomic E-state index is 0.364. The molecule has 0 aliphatic carbocycles. The Kier molecular flexibility index (Phi) is 6.18. The van der Waals surface area contributed by atoms with Crippen LogP contribution < -0.4 is 5.32 Å². The van der Waals surface area contributed by atoms with Gasteiger partial charge in [-0.3, -0.25) is 5.32 Å². The van der Waals surface area contributed by atoms with E-state index in [1.807, 2.05) is 0 Å². The van der Waals surface area contributed by atoms with Crippen LogP contribution in [0.1, 0.15) is 19.8 Å². The van der Waals surface area contributed by atoms with Crippen LogP contribution in [-0.4, -0.2) is 31.0 Å². The van der Waals surface area contributed by atoms with Gasteiger partial charge < -0.3 is 9.84 Å². The third-order valence-electron chi connectivity index (χ3n) is 1.57. The summed E-state index contributed by atoms with van der Waals surface area (Å²) in [5, 5.41) is 11.7. The number of esters is 1. The molecular formula is C9H17NO3. The number of hydrogen-bond acceptors (Lipinski definition) is 4. The molecule has 1 atom stereocenters. The van der Waals surface area contributed by atoms with Crippen molar-refractivity contribution in [3.63, 3.8) is 0 Å². The monoisotopic (exact) mass is 187 g/mol. The van der Waals surface area contributed by atoms with E-state index in [4.69, 9.17) is 5.11 Å². The topological polar surface area (TPSA) is 58.6 Å². The van der Waals surface area contributed by atoms with Crippen molar-refractivity contribution >= 4 is 5.97 Å². The standard InChI is InChI=1S/C9H17NO3/c1-7(9(12)13-3)5-4-6-10-8(2)11/h8,10-11H,1,4-6H2,2-3H3. The van der Waals surface area contributed by atoms with Gasteiger partial charge in [-0.05, 0) is 26.3 Å². The molecule has 0 aromatic carbocycles. The van der Waals surface area contributed by atoms with E-state index >= 15 is 0 Å². The lowest BCUT2D eigenvalue weighted by atomic mass is 10.1. The zero-order chi connectivity index (χ0) is 10.3. The number of carbonyl (C=O) groups is 1. The van der Waals surface area contributed by atoms with Crippen molar-refractivity contribution in [2.75, 3.05) is 13.7 Å². The maximum atomic E-state index is 10.8. The molecule has 0 saturated heterocycles. The molecule has 0 aliphatic heterocycles. The van der Waals surface area contributed by atoms with Crippen LogP contribution in [0.25, 0.3) is 0 Å². The average molecular weight is 187 g/mol. The van der Waals surface area contributed by atoms with Gasteiger partial charge in [-0.1, -0.05) is 6.58 Å². The second-order valence-electron chi connectivity index (χ2n) is 2.83. The number of aliphatic hydroxyl groups excluding tert-OH is 1. The average Bonchev–Trinajstić information content (AvgIpc) is 2.10. The summed E-state index contributed by atoms with van der Waals surface area (Å²) in [5.41, 5.74) is 0.467. The van der Waals surface area contributed by atoms with Crippen molar-refractivity contribution in [3.05, 3.63) is 12.2 Å². The minimum Gasteiger partial charge on any atom is -0.466 e. The smallest absolute Gasteiger partial charge is 0.333 e. The maximum absolute atomic E-state index is 10.8. The fourth-order valence-corrected chi connectivity index (χ4v) is 0.859. The molecule has 4 nitrogen and oxygen atoms in total. The van der Waals surface area contributed by atoms with E-state index in [9.17, 15) is 4.79 Å². The van der Waals surface area contributed by atoms with Crippen LogP contribution in [0.15, 0.2) is 12.2 Å². The van der Waals surface area contributed by atoms with Crippen molar-refractivity contribution < 1.29 is 14.6 Å². The van der Waals surface area contributed by atoms with Gasteiger partial charge in [0.1, 0.15) is 6.23 Å². The first-order valence-corrected chi connectivity index (χ1v) is 4.25. The number of rotatable bonds is 6. The van der Waals surface area contributed by atoms with E-state index in [1.165, 1.54) is 7.11 Å². The summed E-state index contributed by atoms with van der Waals surface area (Å²) < 4.78 is 4.48. The van der Waals surface area contributed by atoms with Crippen molar-refractivity contribution in [3.8, 4) is 0 Å². The molecule has 0 fully saturated rings. The molecule has 0 bridgehead atoms. The van der Waals surface area contributed by atoms with Gasteiger partial charge >= 0.3 is 5.97 Å². The molecule has 0 spiro atoms. The number of hydrogen-bond donors (Lipinski definition) is 2. The van der Waals surface area contributed by atoms with Gasteiger partial charge in [0, 0.05) is 5.57 Å². The fourth-order valence-electron chi connectivity index (χ4n) is 0.859. The largest absolute Gasteiger partial charge is 0.466 e. The molecule has 0 rings (SSSR count). The summed E-state index contributed by atoms with van der Waals surface area (Å²) in [6.07, 6.45) is 0.844. The number of aliphatic hydroxyl groups is 1. The van der Waals surface area contributed by atoms with Crippen molar-refractivity contribution in [1.29, 1.82) is 0 Å². The van der Waals surface area contributed by atoms with Crippen LogP contribution in [0.3, 0.4) is 0 Å². The van der Waals surface area contributed by atoms with Crippen molar-refractivity contribution in [2.24, 2.45) is 0 Å². The second-order valence-corrected chi connectivity index (χ2v) is 2.83. The lowest BCUT2D eigenvalue weighted by molar-refractivity contribution is -0.136. The molecule has 0 saturated carbocycles. The van der Waals surface area contributed by atoms with Crippen LogP contribution in [0, 0.1) is 0 Å². The van der Waals surface area contributed by atoms with Crippen LogP contribution in [0.5, 0.6) is 0 Å². The first-order valence-electron chi connectivity index (χ1n) is 4.25. The number of nitrogens with one attached hydrogen (secondary N) is 1. The maximum Gasteiger partial charge on any atom is 0.333 e. The number of ether oxygens (including phenoxy) is 1. The van der Waals surface area contributed by atoms with Crippen LogP contribution in [-0.2, 0) is 9.53 Å². The molecule has 0 aliphatic rings. The highest BCUT2D eigenvalue weighted by molar-refractivity contribution is 5.87. The molecule has 0 radical (unpaired) electrons. The lowest BCUT2D eigenvalue weighted by Crippen LogP contribution is -2.26. The molecule has 0 heterocycles. The SMILES string of the molecule is C=C(CCCNC(C)O)C(=O)OC. The van der Waals surface area contributed by atoms with E-state index in [1.54, 1.807) is 6.92 Å². The normalized spacial score (nSPS) is 12.2. The Labute approximate surface area is 78.6 Å². The summed E-state index contributed by atoms with van der Waals surface area (Å²) in [6, 6.07) is 0. The predicted octanol–water partition coefficient (Wildman–Crippen LogP) is 0.424. The molecule has 76 valence electrons. The van der Waals surface area contributed by atoms with Gasteiger partial charge in [-0.15, -0.1) is 0 Å². The second kappa shape index (κ2) is 6.62. The van der Waals surface area contributed by atoms with Crippen molar-refractivity contribution in [1.82, 2.24) is 5.32 Å². The van der Waals surface area contributed by atoms with Crippen LogP contribution >= 0.6 is 0 Å². The van der Waals surface area contributed by atoms with Crippen LogP contribution in [0.4, 0.5) is 0 Å². The lowest BCUT2D eigenvalue weighted by Gasteiger charge is -2.07. The molecular weight excluding hydrogens is 170 g/mol. The highest BCUT2D eigenvalue weighted by atomic mass is 16.5. The molecule has 2 N–H and O–H groups in total. The fraction of sp³-hybridized carbons (Fsp3) is 0.667. The molecule has 1 unspecified atom stereocenters. The van der Waals surface area contributed by atoms with E-state index in [2.05, 4.69) is 16.6 Å². The van der Waals surface area contributed by atoms with Crippen molar-refractivity contribution in [2.45, 2.75) is 26.0 Å². The van der Waals surface area contributed by atoms with Gasteiger partial charge in [0.25, 0.3) is 0 Å². The molecule has 4 heteroatoms. The Hall–Kier alpha value is -0.870. The van der Waals surface area contributed by atoms with E-state index in [-0.39, 0.29) is 5.97 Å². The number of carbonyl (C=O) groups excluding carboxylic acids is 1. The zero-order valence-electron chi connectivity index (χ0n) is 8.17. The van der Waals surface area contributed by atoms with E-state index in [0.717, 1.165) is 6.42 Å². The van der Waals surface area contributed by atoms with Crippen LogP contribution in [0.2, 0.25) is 0 Å². The molecule has 13 heavy (non-hydrogen) atoms. The van der Waals surface area contributed by atoms with Gasteiger partial charge in [-0.25, -0.2) is 4.79 Å².